The van der Waals surface area contributed by atoms with E-state index in [9.17, 15) is 8.42 Å². The molecule has 0 atom stereocenters. The predicted octanol–water partition coefficient (Wildman–Crippen LogP) is 1.87. The van der Waals surface area contributed by atoms with Gasteiger partial charge in [-0.15, -0.1) is 11.3 Å². The Kier molecular flexibility index (Phi) is 3.24. The summed E-state index contributed by atoms with van der Waals surface area (Å²) in [6.07, 6.45) is 0. The fourth-order valence-electron chi connectivity index (χ4n) is 1.04. The summed E-state index contributed by atoms with van der Waals surface area (Å²) in [5, 5.41) is 6.99. The molecular weight excluding hydrogens is 336 g/mol. The summed E-state index contributed by atoms with van der Waals surface area (Å²) < 4.78 is 30.4. The molecule has 0 radical (unpaired) electrons. The Morgan fingerprint density at radius 2 is 2.25 bits per heavy atom. The highest BCUT2D eigenvalue weighted by Crippen LogP contribution is 2.30. The highest BCUT2D eigenvalue weighted by Gasteiger charge is 2.20. The standard InChI is InChI=1S/C6H5BrN4O2S3/c1-3-4(2-5(7)14-3)16(12,13)9-6-8-10-11-15-6/h2H,1H3,(H,8,9,11). The van der Waals surface area contributed by atoms with Crippen LogP contribution < -0.4 is 4.72 Å². The maximum Gasteiger partial charge on any atom is 0.264 e. The van der Waals surface area contributed by atoms with Crippen LogP contribution >= 0.6 is 38.8 Å². The molecule has 10 heteroatoms. The van der Waals surface area contributed by atoms with Crippen molar-refractivity contribution in [1.82, 2.24) is 14.8 Å². The second kappa shape index (κ2) is 4.35. The number of halogens is 1. The van der Waals surface area contributed by atoms with Crippen molar-refractivity contribution in [3.8, 4) is 0 Å². The molecule has 0 amide bonds. The van der Waals surface area contributed by atoms with Gasteiger partial charge in [0.15, 0.2) is 0 Å². The fourth-order valence-corrected chi connectivity index (χ4v) is 5.04. The Bertz CT molecular complexity index is 591. The van der Waals surface area contributed by atoms with Crippen molar-refractivity contribution in [3.63, 3.8) is 0 Å². The van der Waals surface area contributed by atoms with Crippen LogP contribution in [0.25, 0.3) is 0 Å². The van der Waals surface area contributed by atoms with Crippen LogP contribution in [0.15, 0.2) is 14.7 Å². The lowest BCUT2D eigenvalue weighted by Crippen LogP contribution is -2.12. The summed E-state index contributed by atoms with van der Waals surface area (Å²) in [5.41, 5.74) is 0. The zero-order valence-corrected chi connectivity index (χ0v) is 11.9. The van der Waals surface area contributed by atoms with E-state index in [-0.39, 0.29) is 10.0 Å². The van der Waals surface area contributed by atoms with Gasteiger partial charge in [0.1, 0.15) is 4.90 Å². The highest BCUT2D eigenvalue weighted by molar-refractivity contribution is 9.11. The van der Waals surface area contributed by atoms with Gasteiger partial charge in [0.25, 0.3) is 10.0 Å². The van der Waals surface area contributed by atoms with Gasteiger partial charge >= 0.3 is 0 Å². The third-order valence-corrected chi connectivity index (χ3v) is 5.44. The van der Waals surface area contributed by atoms with Crippen molar-refractivity contribution < 1.29 is 8.42 Å². The molecule has 0 saturated carbocycles. The summed E-state index contributed by atoms with van der Waals surface area (Å²) in [6.45, 7) is 1.74. The molecule has 0 fully saturated rings. The zero-order chi connectivity index (χ0) is 11.8. The van der Waals surface area contributed by atoms with Crippen molar-refractivity contribution in [2.75, 3.05) is 4.72 Å². The SMILES string of the molecule is Cc1sc(Br)cc1S(=O)(=O)Nc1nnns1. The summed E-state index contributed by atoms with van der Waals surface area (Å²) in [5.74, 6) is 0. The Morgan fingerprint density at radius 3 is 2.75 bits per heavy atom. The largest absolute Gasteiger partial charge is 0.264 e. The normalized spacial score (nSPS) is 11.6. The minimum Gasteiger partial charge on any atom is -0.252 e. The first-order valence-electron chi connectivity index (χ1n) is 3.93. The van der Waals surface area contributed by atoms with E-state index in [1.807, 2.05) is 0 Å². The van der Waals surface area contributed by atoms with E-state index in [0.29, 0.717) is 4.88 Å². The van der Waals surface area contributed by atoms with Crippen molar-refractivity contribution >= 4 is 54.0 Å². The Balaban J connectivity index is 2.36. The van der Waals surface area contributed by atoms with Gasteiger partial charge in [0, 0.05) is 16.4 Å². The molecule has 0 aliphatic carbocycles. The predicted molar refractivity (Wildman–Crippen MR) is 65.3 cm³/mol. The van der Waals surface area contributed by atoms with Gasteiger partial charge in [0.05, 0.1) is 3.79 Å². The van der Waals surface area contributed by atoms with E-state index in [1.165, 1.54) is 11.3 Å². The van der Waals surface area contributed by atoms with Gasteiger partial charge in [-0.1, -0.05) is 9.59 Å². The van der Waals surface area contributed by atoms with Crippen LogP contribution in [0.1, 0.15) is 4.88 Å². The smallest absolute Gasteiger partial charge is 0.252 e. The second-order valence-corrected chi connectivity index (χ2v) is 7.76. The Labute approximate surface area is 108 Å². The minimum absolute atomic E-state index is 0.154. The van der Waals surface area contributed by atoms with Gasteiger partial charge in [-0.3, -0.25) is 4.72 Å². The number of thiophene rings is 1. The van der Waals surface area contributed by atoms with Gasteiger partial charge in [-0.05, 0) is 34.1 Å². The quantitative estimate of drug-likeness (QED) is 0.921. The van der Waals surface area contributed by atoms with Crippen molar-refractivity contribution in [3.05, 3.63) is 14.7 Å². The summed E-state index contributed by atoms with van der Waals surface area (Å²) >= 11 is 5.49. The molecule has 0 spiro atoms. The van der Waals surface area contributed by atoms with E-state index < -0.39 is 10.0 Å². The number of sulfonamides is 1. The molecular formula is C6H5BrN4O2S3. The minimum atomic E-state index is -3.59. The molecule has 0 saturated heterocycles. The van der Waals surface area contributed by atoms with Crippen LogP contribution in [0.5, 0.6) is 0 Å². The topological polar surface area (TPSA) is 84.8 Å². The van der Waals surface area contributed by atoms with Gasteiger partial charge in [-0.2, -0.15) is 0 Å². The van der Waals surface area contributed by atoms with Crippen LogP contribution in [-0.2, 0) is 10.0 Å². The number of rotatable bonds is 3. The number of hydrogen-bond acceptors (Lipinski definition) is 7. The number of nitrogens with zero attached hydrogens (tertiary/aromatic N) is 3. The zero-order valence-electron chi connectivity index (χ0n) is 7.84. The number of nitrogens with one attached hydrogen (secondary N) is 1. The van der Waals surface area contributed by atoms with Crippen LogP contribution in [0.2, 0.25) is 0 Å². The summed E-state index contributed by atoms with van der Waals surface area (Å²) in [7, 11) is -3.59. The summed E-state index contributed by atoms with van der Waals surface area (Å²) in [6, 6.07) is 1.55. The van der Waals surface area contributed by atoms with Crippen LogP contribution in [0.4, 0.5) is 5.13 Å². The molecule has 2 aromatic heterocycles. The number of aromatic nitrogens is 3. The van der Waals surface area contributed by atoms with Gasteiger partial charge in [-0.25, -0.2) is 8.42 Å². The van der Waals surface area contributed by atoms with Crippen molar-refractivity contribution in [1.29, 1.82) is 0 Å². The lowest BCUT2D eigenvalue weighted by molar-refractivity contribution is 0.601. The van der Waals surface area contributed by atoms with E-state index in [4.69, 9.17) is 0 Å². The number of aryl methyl sites for hydroxylation is 1. The monoisotopic (exact) mass is 340 g/mol. The second-order valence-electron chi connectivity index (χ2n) is 2.74. The van der Waals surface area contributed by atoms with Gasteiger partial charge < -0.3 is 0 Å². The van der Waals surface area contributed by atoms with Crippen LogP contribution in [-0.4, -0.2) is 23.2 Å². The number of anilines is 1. The first-order chi connectivity index (χ1) is 7.49. The molecule has 2 heterocycles. The molecule has 2 aromatic rings. The molecule has 0 aromatic carbocycles. The lowest BCUT2D eigenvalue weighted by atomic mass is 10.5. The van der Waals surface area contributed by atoms with E-state index >= 15 is 0 Å². The van der Waals surface area contributed by atoms with Gasteiger partial charge in [0.2, 0.25) is 5.13 Å². The van der Waals surface area contributed by atoms with Crippen molar-refractivity contribution in [2.24, 2.45) is 0 Å². The first-order valence-corrected chi connectivity index (χ1v) is 7.79. The highest BCUT2D eigenvalue weighted by atomic mass is 79.9. The van der Waals surface area contributed by atoms with E-state index in [2.05, 4.69) is 35.5 Å². The third-order valence-electron chi connectivity index (χ3n) is 1.65. The molecule has 86 valence electrons. The van der Waals surface area contributed by atoms with E-state index in [1.54, 1.807) is 13.0 Å². The fraction of sp³-hybridized carbons (Fsp3) is 0.167. The molecule has 16 heavy (non-hydrogen) atoms. The molecule has 1 N–H and O–H groups in total. The van der Waals surface area contributed by atoms with Crippen molar-refractivity contribution in [2.45, 2.75) is 11.8 Å². The number of hydrogen-bond donors (Lipinski definition) is 1. The Morgan fingerprint density at radius 1 is 1.50 bits per heavy atom. The third kappa shape index (κ3) is 2.39. The first kappa shape index (κ1) is 11.9. The maximum absolute atomic E-state index is 11.9. The molecule has 0 aliphatic rings. The average molecular weight is 341 g/mol. The average Bonchev–Trinajstić information content (AvgIpc) is 2.75. The van der Waals surface area contributed by atoms with Crippen LogP contribution in [0.3, 0.4) is 0 Å². The Hall–Kier alpha value is -0.580. The maximum atomic E-state index is 11.9. The summed E-state index contributed by atoms with van der Waals surface area (Å²) in [4.78, 5) is 0.941. The van der Waals surface area contributed by atoms with E-state index in [0.717, 1.165) is 15.3 Å². The molecule has 0 unspecified atom stereocenters. The molecule has 0 aliphatic heterocycles. The molecule has 0 bridgehead atoms. The molecule has 2 rings (SSSR count). The lowest BCUT2D eigenvalue weighted by Gasteiger charge is -2.02. The van der Waals surface area contributed by atoms with Crippen LogP contribution in [0, 0.1) is 6.92 Å². The molecule has 6 nitrogen and oxygen atoms in total.